The minimum atomic E-state index is 0.192. The van der Waals surface area contributed by atoms with Crippen molar-refractivity contribution in [1.29, 1.82) is 0 Å². The molecule has 3 nitrogen and oxygen atoms in total. The fourth-order valence-corrected chi connectivity index (χ4v) is 3.22. The van der Waals surface area contributed by atoms with E-state index in [2.05, 4.69) is 22.0 Å². The second-order valence-corrected chi connectivity index (χ2v) is 6.17. The maximum Gasteiger partial charge on any atom is 0.227 e. The lowest BCUT2D eigenvalue weighted by atomic mass is 10.0. The number of carbonyl (C=O) groups is 1. The lowest BCUT2D eigenvalue weighted by molar-refractivity contribution is -0.119. The summed E-state index contributed by atoms with van der Waals surface area (Å²) in [4.78, 5) is 13.9. The van der Waals surface area contributed by atoms with Crippen LogP contribution >= 0.6 is 15.9 Å². The standard InChI is InChI=1S/C18H17BrNO2/c1-22-15-8-5-13(6-9-15)14-7-10-17(16(19)12-14)20-11-3-2-4-18(20)21/h5-6,8-10,12H,2-4,11H2,1H3. The molecule has 22 heavy (non-hydrogen) atoms. The average molecular weight is 359 g/mol. The normalized spacial score (nSPS) is 15.0. The molecular formula is C18H17BrNO2. The van der Waals surface area contributed by atoms with Gasteiger partial charge in [0.05, 0.1) is 12.8 Å². The molecule has 1 fully saturated rings. The number of methoxy groups -OCH3 is 1. The van der Waals surface area contributed by atoms with Gasteiger partial charge < -0.3 is 9.64 Å². The highest BCUT2D eigenvalue weighted by Crippen LogP contribution is 2.33. The molecule has 0 N–H and O–H groups in total. The molecule has 1 radical (unpaired) electrons. The molecule has 2 aromatic rings. The topological polar surface area (TPSA) is 29.5 Å². The van der Waals surface area contributed by atoms with Gasteiger partial charge in [-0.2, -0.15) is 0 Å². The number of rotatable bonds is 3. The summed E-state index contributed by atoms with van der Waals surface area (Å²) in [5.41, 5.74) is 2.96. The zero-order chi connectivity index (χ0) is 15.5. The maximum absolute atomic E-state index is 12.0. The number of anilines is 1. The first-order valence-electron chi connectivity index (χ1n) is 7.35. The van der Waals surface area contributed by atoms with Crippen LogP contribution in [0.2, 0.25) is 0 Å². The lowest BCUT2D eigenvalue weighted by Crippen LogP contribution is -2.35. The van der Waals surface area contributed by atoms with Crippen LogP contribution in [0.4, 0.5) is 5.69 Å². The van der Waals surface area contributed by atoms with E-state index in [0.29, 0.717) is 6.42 Å². The molecule has 0 aromatic heterocycles. The van der Waals surface area contributed by atoms with Crippen LogP contribution in [0, 0.1) is 6.07 Å². The molecule has 3 rings (SSSR count). The van der Waals surface area contributed by atoms with E-state index in [1.807, 2.05) is 41.3 Å². The van der Waals surface area contributed by atoms with E-state index in [-0.39, 0.29) is 5.91 Å². The van der Waals surface area contributed by atoms with Gasteiger partial charge in [0.25, 0.3) is 0 Å². The van der Waals surface area contributed by atoms with Crippen molar-refractivity contribution in [2.24, 2.45) is 0 Å². The van der Waals surface area contributed by atoms with Crippen LogP contribution in [0.15, 0.2) is 40.9 Å². The second kappa shape index (κ2) is 6.53. The Bertz CT molecular complexity index is 682. The number of carbonyl (C=O) groups excluding carboxylic acids is 1. The summed E-state index contributed by atoms with van der Waals surface area (Å²) in [7, 11) is 1.65. The predicted molar refractivity (Wildman–Crippen MR) is 91.2 cm³/mol. The fraction of sp³-hybridized carbons (Fsp3) is 0.278. The summed E-state index contributed by atoms with van der Waals surface area (Å²) in [6, 6.07) is 15.1. The van der Waals surface area contributed by atoms with Crippen LogP contribution in [0.25, 0.3) is 11.1 Å². The summed E-state index contributed by atoms with van der Waals surface area (Å²) >= 11 is 3.60. The number of nitrogens with zero attached hydrogens (tertiary/aromatic N) is 1. The molecule has 2 aromatic carbocycles. The Morgan fingerprint density at radius 1 is 1.23 bits per heavy atom. The first-order chi connectivity index (χ1) is 10.7. The van der Waals surface area contributed by atoms with Gasteiger partial charge in [-0.05, 0) is 70.2 Å². The van der Waals surface area contributed by atoms with Crippen molar-refractivity contribution in [2.75, 3.05) is 18.6 Å². The quantitative estimate of drug-likeness (QED) is 0.811. The highest BCUT2D eigenvalue weighted by Gasteiger charge is 2.21. The molecule has 1 aliphatic rings. The van der Waals surface area contributed by atoms with Gasteiger partial charge in [-0.15, -0.1) is 0 Å². The number of hydrogen-bond donors (Lipinski definition) is 0. The van der Waals surface area contributed by atoms with Crippen LogP contribution in [0.1, 0.15) is 19.3 Å². The summed E-state index contributed by atoms with van der Waals surface area (Å²) in [6.07, 6.45) is 2.67. The average Bonchev–Trinajstić information content (AvgIpc) is 2.56. The number of halogens is 1. The van der Waals surface area contributed by atoms with E-state index in [9.17, 15) is 4.79 Å². The monoisotopic (exact) mass is 358 g/mol. The van der Waals surface area contributed by atoms with Crippen molar-refractivity contribution >= 4 is 27.5 Å². The fourth-order valence-electron chi connectivity index (χ4n) is 2.66. The van der Waals surface area contributed by atoms with Gasteiger partial charge in [0.2, 0.25) is 5.91 Å². The van der Waals surface area contributed by atoms with E-state index in [4.69, 9.17) is 4.74 Å². The van der Waals surface area contributed by atoms with Gasteiger partial charge in [0, 0.05) is 17.4 Å². The van der Waals surface area contributed by atoms with Crippen LogP contribution in [-0.2, 0) is 4.79 Å². The molecule has 4 heteroatoms. The first kappa shape index (κ1) is 15.1. The summed E-state index contributed by atoms with van der Waals surface area (Å²) in [5, 5.41) is 0. The number of benzene rings is 2. The van der Waals surface area contributed by atoms with Crippen LogP contribution in [-0.4, -0.2) is 19.6 Å². The minimum Gasteiger partial charge on any atom is -0.497 e. The zero-order valence-corrected chi connectivity index (χ0v) is 14.0. The molecule has 1 aliphatic heterocycles. The Balaban J connectivity index is 1.89. The molecule has 0 spiro atoms. The van der Waals surface area contributed by atoms with Gasteiger partial charge in [-0.1, -0.05) is 12.1 Å². The van der Waals surface area contributed by atoms with Crippen LogP contribution in [0.3, 0.4) is 0 Å². The number of ether oxygens (including phenoxy) is 1. The third-order valence-electron chi connectivity index (χ3n) is 3.90. The third-order valence-corrected chi connectivity index (χ3v) is 4.53. The first-order valence-corrected chi connectivity index (χ1v) is 8.14. The maximum atomic E-state index is 12.0. The summed E-state index contributed by atoms with van der Waals surface area (Å²) in [5.74, 6) is 1.02. The van der Waals surface area contributed by atoms with Crippen molar-refractivity contribution in [2.45, 2.75) is 19.3 Å². The van der Waals surface area contributed by atoms with Crippen LogP contribution < -0.4 is 9.64 Å². The largest absolute Gasteiger partial charge is 0.497 e. The summed E-state index contributed by atoms with van der Waals surface area (Å²) < 4.78 is 6.10. The van der Waals surface area contributed by atoms with Crippen molar-refractivity contribution in [3.63, 3.8) is 0 Å². The van der Waals surface area contributed by atoms with E-state index in [1.54, 1.807) is 7.11 Å². The number of amides is 1. The highest BCUT2D eigenvalue weighted by atomic mass is 79.9. The molecule has 1 saturated heterocycles. The SMILES string of the molecule is COc1ccc(-c2[c]cc(N3CCCCC3=O)c(Br)c2)cc1. The van der Waals surface area contributed by atoms with Gasteiger partial charge in [0.1, 0.15) is 5.75 Å². The molecular weight excluding hydrogens is 342 g/mol. The second-order valence-electron chi connectivity index (χ2n) is 5.31. The molecule has 1 amide bonds. The molecule has 1 heterocycles. The predicted octanol–water partition coefficient (Wildman–Crippen LogP) is 4.44. The van der Waals surface area contributed by atoms with Gasteiger partial charge in [0.15, 0.2) is 0 Å². The zero-order valence-electron chi connectivity index (χ0n) is 12.4. The van der Waals surface area contributed by atoms with E-state index < -0.39 is 0 Å². The van der Waals surface area contributed by atoms with Crippen molar-refractivity contribution in [3.05, 3.63) is 46.9 Å². The third kappa shape index (κ3) is 3.02. The molecule has 0 aliphatic carbocycles. The van der Waals surface area contributed by atoms with Crippen molar-refractivity contribution in [1.82, 2.24) is 0 Å². The molecule has 0 bridgehead atoms. The molecule has 113 valence electrons. The number of piperidine rings is 1. The van der Waals surface area contributed by atoms with Gasteiger partial charge in [-0.25, -0.2) is 0 Å². The summed E-state index contributed by atoms with van der Waals surface area (Å²) in [6.45, 7) is 0.785. The van der Waals surface area contributed by atoms with E-state index >= 15 is 0 Å². The Labute approximate surface area is 139 Å². The van der Waals surface area contributed by atoms with E-state index in [1.165, 1.54) is 0 Å². The van der Waals surface area contributed by atoms with E-state index in [0.717, 1.165) is 46.4 Å². The molecule has 0 atom stereocenters. The van der Waals surface area contributed by atoms with Gasteiger partial charge >= 0.3 is 0 Å². The highest BCUT2D eigenvalue weighted by molar-refractivity contribution is 9.10. The molecule has 0 unspecified atom stereocenters. The number of hydrogen-bond acceptors (Lipinski definition) is 2. The van der Waals surface area contributed by atoms with Crippen molar-refractivity contribution in [3.8, 4) is 16.9 Å². The lowest BCUT2D eigenvalue weighted by Gasteiger charge is -2.27. The van der Waals surface area contributed by atoms with Crippen molar-refractivity contribution < 1.29 is 9.53 Å². The Morgan fingerprint density at radius 2 is 2.00 bits per heavy atom. The van der Waals surface area contributed by atoms with Crippen LogP contribution in [0.5, 0.6) is 5.75 Å². The minimum absolute atomic E-state index is 0.192. The molecule has 0 saturated carbocycles. The Kier molecular flexibility index (Phi) is 4.48. The Morgan fingerprint density at radius 3 is 2.64 bits per heavy atom. The van der Waals surface area contributed by atoms with Gasteiger partial charge in [-0.3, -0.25) is 4.79 Å². The Hall–Kier alpha value is -1.81. The smallest absolute Gasteiger partial charge is 0.227 e.